The molecule has 6 nitrogen and oxygen atoms in total. The second-order valence-corrected chi connectivity index (χ2v) is 18.5. The van der Waals surface area contributed by atoms with Crippen molar-refractivity contribution < 1.29 is 28.6 Å². The van der Waals surface area contributed by atoms with Gasteiger partial charge in [-0.3, -0.25) is 14.4 Å². The number of ether oxygens (including phenoxy) is 3. The molecule has 49 heavy (non-hydrogen) atoms. The van der Waals surface area contributed by atoms with Gasteiger partial charge < -0.3 is 14.2 Å². The summed E-state index contributed by atoms with van der Waals surface area (Å²) in [4.78, 5) is 39.0. The summed E-state index contributed by atoms with van der Waals surface area (Å²) >= 11 is 0. The van der Waals surface area contributed by atoms with Gasteiger partial charge in [0.2, 0.25) is 0 Å². The molecule has 0 aromatic heterocycles. The van der Waals surface area contributed by atoms with Gasteiger partial charge in [-0.1, -0.05) is 96.5 Å². The Kier molecular flexibility index (Phi) is 9.09. The zero-order valence-electron chi connectivity index (χ0n) is 31.5. The van der Waals surface area contributed by atoms with Crippen molar-refractivity contribution in [2.75, 3.05) is 6.61 Å². The summed E-state index contributed by atoms with van der Waals surface area (Å²) in [6.45, 7) is 19.8. The number of allylic oxidation sites excluding steroid dienone is 2. The minimum absolute atomic E-state index is 0.00350. The summed E-state index contributed by atoms with van der Waals surface area (Å²) in [5.74, 6) is 0.150. The number of rotatable bonds is 6. The molecule has 1 aromatic carbocycles. The second-order valence-electron chi connectivity index (χ2n) is 18.5. The van der Waals surface area contributed by atoms with E-state index < -0.39 is 17.6 Å². The van der Waals surface area contributed by atoms with Crippen LogP contribution in [-0.2, 0) is 28.6 Å². The first-order valence-electron chi connectivity index (χ1n) is 18.8. The van der Waals surface area contributed by atoms with Crippen molar-refractivity contribution in [3.8, 4) is 0 Å². The molecule has 4 fully saturated rings. The van der Waals surface area contributed by atoms with Gasteiger partial charge in [0.1, 0.15) is 18.8 Å². The minimum Gasteiger partial charge on any atom is -0.461 e. The van der Waals surface area contributed by atoms with Crippen LogP contribution in [0.15, 0.2) is 48.1 Å². The van der Waals surface area contributed by atoms with Gasteiger partial charge >= 0.3 is 17.9 Å². The summed E-state index contributed by atoms with van der Waals surface area (Å²) in [5, 5.41) is 0. The topological polar surface area (TPSA) is 78.9 Å². The van der Waals surface area contributed by atoms with Crippen LogP contribution in [0, 0.1) is 50.2 Å². The van der Waals surface area contributed by atoms with Gasteiger partial charge in [-0.2, -0.15) is 0 Å². The zero-order chi connectivity index (χ0) is 35.6. The van der Waals surface area contributed by atoms with Crippen molar-refractivity contribution in [3.63, 3.8) is 0 Å². The molecule has 0 radical (unpaired) electrons. The van der Waals surface area contributed by atoms with E-state index in [1.807, 2.05) is 30.4 Å². The van der Waals surface area contributed by atoms with Gasteiger partial charge in [-0.15, -0.1) is 0 Å². The Bertz CT molecular complexity index is 1520. The van der Waals surface area contributed by atoms with E-state index in [4.69, 9.17) is 14.2 Å². The highest BCUT2D eigenvalue weighted by Crippen LogP contribution is 2.76. The quantitative estimate of drug-likeness (QED) is 0.170. The number of hydrogen-bond donors (Lipinski definition) is 0. The molecule has 0 aliphatic heterocycles. The lowest BCUT2D eigenvalue weighted by Gasteiger charge is -2.71. The van der Waals surface area contributed by atoms with Crippen LogP contribution in [0.5, 0.6) is 0 Å². The van der Waals surface area contributed by atoms with Crippen molar-refractivity contribution in [2.45, 2.75) is 132 Å². The second kappa shape index (κ2) is 12.4. The van der Waals surface area contributed by atoms with Crippen molar-refractivity contribution >= 4 is 24.0 Å². The van der Waals surface area contributed by atoms with Crippen LogP contribution in [-0.4, -0.2) is 36.7 Å². The Labute approximate surface area is 294 Å². The molecule has 5 aliphatic rings. The molecule has 6 rings (SSSR count). The van der Waals surface area contributed by atoms with Crippen LogP contribution in [0.3, 0.4) is 0 Å². The van der Waals surface area contributed by atoms with E-state index >= 15 is 0 Å². The predicted molar refractivity (Wildman–Crippen MR) is 192 cm³/mol. The lowest BCUT2D eigenvalue weighted by atomic mass is 9.33. The normalized spacial score (nSPS) is 40.4. The van der Waals surface area contributed by atoms with Crippen LogP contribution in [0.4, 0.5) is 0 Å². The smallest absolute Gasteiger partial charge is 0.312 e. The van der Waals surface area contributed by atoms with Crippen LogP contribution >= 0.6 is 0 Å². The average molecular weight is 673 g/mol. The van der Waals surface area contributed by atoms with Crippen LogP contribution in [0.1, 0.15) is 126 Å². The van der Waals surface area contributed by atoms with E-state index in [2.05, 4.69) is 66.7 Å². The first-order valence-corrected chi connectivity index (χ1v) is 18.8. The molecule has 5 aliphatic carbocycles. The molecular weight excluding hydrogens is 612 g/mol. The number of carbonyl (C=O) groups is 3. The third-order valence-corrected chi connectivity index (χ3v) is 15.0. The van der Waals surface area contributed by atoms with Crippen LogP contribution < -0.4 is 0 Å². The standard InChI is InChI=1S/C43H60O6/c1-28(44)48-33-27-40(7)34(39(5,6)36(33)49-29(2)45)19-20-42(9)35(40)18-17-31-32-26-38(3,4)21-23-43(32,24-22-41(31,42)8)37(46)47-25-13-16-30-14-11-10-12-15-30/h10-17,32-36H,18-27H2,1-9H3/b16-13+/t32-,33+,34-,35+,36-,40-,41+,42+,43-/m0/s1. The molecule has 0 saturated heterocycles. The molecule has 0 bridgehead atoms. The summed E-state index contributed by atoms with van der Waals surface area (Å²) in [5.41, 5.74) is 1.71. The van der Waals surface area contributed by atoms with Crippen LogP contribution in [0.25, 0.3) is 6.08 Å². The summed E-state index contributed by atoms with van der Waals surface area (Å²) in [7, 11) is 0. The van der Waals surface area contributed by atoms with Crippen LogP contribution in [0.2, 0.25) is 0 Å². The number of benzene rings is 1. The molecule has 6 heteroatoms. The maximum Gasteiger partial charge on any atom is 0.312 e. The van der Waals surface area contributed by atoms with Gasteiger partial charge in [0.15, 0.2) is 0 Å². The molecule has 268 valence electrons. The Morgan fingerprint density at radius 2 is 1.49 bits per heavy atom. The third kappa shape index (κ3) is 5.81. The molecule has 0 heterocycles. The molecule has 0 amide bonds. The number of hydrogen-bond acceptors (Lipinski definition) is 6. The van der Waals surface area contributed by atoms with Crippen molar-refractivity contribution in [1.29, 1.82) is 0 Å². The number of fused-ring (bicyclic) bond motifs is 7. The minimum atomic E-state index is -0.490. The van der Waals surface area contributed by atoms with Gasteiger partial charge in [0.05, 0.1) is 5.41 Å². The SMILES string of the molecule is CC(=O)O[C@@H]1C[C@]2(C)[C@H]3CC=C4[C@@H]5CC(C)(C)CC[C@]5(C(=O)OC/C=C/c5ccccc5)CC[C@@]4(C)[C@]3(C)CC[C@H]2C(C)(C)[C@H]1OC(C)=O. The van der Waals surface area contributed by atoms with Gasteiger partial charge in [0.25, 0.3) is 0 Å². The molecule has 9 atom stereocenters. The number of carbonyl (C=O) groups excluding carboxylic acids is 3. The first-order chi connectivity index (χ1) is 22.9. The summed E-state index contributed by atoms with van der Waals surface area (Å²) in [6, 6.07) is 10.1. The molecule has 0 unspecified atom stereocenters. The molecule has 4 saturated carbocycles. The third-order valence-electron chi connectivity index (χ3n) is 15.0. The van der Waals surface area contributed by atoms with Gasteiger partial charge in [0, 0.05) is 19.3 Å². The average Bonchev–Trinajstić information content (AvgIpc) is 3.01. The Morgan fingerprint density at radius 3 is 2.16 bits per heavy atom. The Morgan fingerprint density at radius 1 is 0.816 bits per heavy atom. The molecular formula is C43H60O6. The summed E-state index contributed by atoms with van der Waals surface area (Å²) in [6.07, 6.45) is 14.0. The largest absolute Gasteiger partial charge is 0.461 e. The first kappa shape index (κ1) is 35.9. The fraction of sp³-hybridized carbons (Fsp3) is 0.698. The lowest BCUT2D eigenvalue weighted by molar-refractivity contribution is -0.244. The molecule has 0 N–H and O–H groups in total. The van der Waals surface area contributed by atoms with E-state index in [0.29, 0.717) is 18.3 Å². The maximum absolute atomic E-state index is 14.3. The molecule has 0 spiro atoms. The fourth-order valence-electron chi connectivity index (χ4n) is 12.4. The van der Waals surface area contributed by atoms with Crippen molar-refractivity contribution in [3.05, 3.63) is 53.6 Å². The van der Waals surface area contributed by atoms with E-state index in [1.54, 1.807) is 0 Å². The van der Waals surface area contributed by atoms with Gasteiger partial charge in [-0.25, -0.2) is 0 Å². The Balaban J connectivity index is 1.33. The maximum atomic E-state index is 14.3. The monoisotopic (exact) mass is 672 g/mol. The molecule has 1 aromatic rings. The zero-order valence-corrected chi connectivity index (χ0v) is 31.5. The predicted octanol–water partition coefficient (Wildman–Crippen LogP) is 9.52. The highest BCUT2D eigenvalue weighted by Gasteiger charge is 2.71. The fourth-order valence-corrected chi connectivity index (χ4v) is 12.4. The highest BCUT2D eigenvalue weighted by atomic mass is 16.6. The lowest BCUT2D eigenvalue weighted by Crippen LogP contribution is -2.67. The van der Waals surface area contributed by atoms with E-state index in [0.717, 1.165) is 56.9 Å². The van der Waals surface area contributed by atoms with Crippen molar-refractivity contribution in [2.24, 2.45) is 50.2 Å². The highest BCUT2D eigenvalue weighted by molar-refractivity contribution is 5.79. The number of esters is 3. The Hall–Kier alpha value is -2.89. The van der Waals surface area contributed by atoms with E-state index in [-0.39, 0.29) is 57.5 Å². The van der Waals surface area contributed by atoms with Crippen molar-refractivity contribution in [1.82, 2.24) is 0 Å². The summed E-state index contributed by atoms with van der Waals surface area (Å²) < 4.78 is 18.1. The van der Waals surface area contributed by atoms with E-state index in [9.17, 15) is 14.4 Å². The van der Waals surface area contributed by atoms with Gasteiger partial charge in [-0.05, 0) is 109 Å². The van der Waals surface area contributed by atoms with E-state index in [1.165, 1.54) is 19.4 Å².